The molecule has 0 aliphatic heterocycles. The molecule has 0 aliphatic carbocycles. The van der Waals surface area contributed by atoms with Crippen LogP contribution in [-0.2, 0) is 13.2 Å². The van der Waals surface area contributed by atoms with Crippen LogP contribution in [0.15, 0.2) is 24.3 Å². The summed E-state index contributed by atoms with van der Waals surface area (Å²) >= 11 is 0. The Hall–Kier alpha value is -1.55. The molecular weight excluding hydrogens is 264 g/mol. The molecule has 0 aromatic heterocycles. The van der Waals surface area contributed by atoms with Crippen LogP contribution in [0.4, 0.5) is 4.79 Å². The van der Waals surface area contributed by atoms with E-state index in [9.17, 15) is 9.90 Å². The van der Waals surface area contributed by atoms with E-state index >= 15 is 0 Å². The Kier molecular flexibility index (Phi) is 7.83. The predicted octanol–water partition coefficient (Wildman–Crippen LogP) is 3.19. The van der Waals surface area contributed by atoms with Crippen molar-refractivity contribution in [3.05, 3.63) is 35.4 Å². The summed E-state index contributed by atoms with van der Waals surface area (Å²) in [6.45, 7) is 6.88. The molecule has 118 valence electrons. The molecule has 21 heavy (non-hydrogen) atoms. The zero-order chi connectivity index (χ0) is 15.7. The van der Waals surface area contributed by atoms with Crippen LogP contribution in [-0.4, -0.2) is 17.2 Å². The minimum absolute atomic E-state index is 0.00885. The summed E-state index contributed by atoms with van der Waals surface area (Å²) in [5.41, 5.74) is 1.80. The van der Waals surface area contributed by atoms with Crippen molar-refractivity contribution < 1.29 is 9.90 Å². The highest BCUT2D eigenvalue weighted by molar-refractivity contribution is 5.74. The second kappa shape index (κ2) is 9.40. The second-order valence-corrected chi connectivity index (χ2v) is 5.98. The molecule has 0 bridgehead atoms. The van der Waals surface area contributed by atoms with E-state index < -0.39 is 0 Å². The lowest BCUT2D eigenvalue weighted by atomic mass is 10.0. The van der Waals surface area contributed by atoms with Crippen LogP contribution in [0.5, 0.6) is 0 Å². The molecule has 1 rings (SSSR count). The topological polar surface area (TPSA) is 61.4 Å². The highest BCUT2D eigenvalue weighted by atomic mass is 16.3. The van der Waals surface area contributed by atoms with Gasteiger partial charge in [-0.3, -0.25) is 0 Å². The summed E-state index contributed by atoms with van der Waals surface area (Å²) in [6.07, 6.45) is 3.32. The average molecular weight is 292 g/mol. The maximum absolute atomic E-state index is 11.8. The van der Waals surface area contributed by atoms with Gasteiger partial charge in [0.25, 0.3) is 0 Å². The molecule has 3 N–H and O–H groups in total. The minimum atomic E-state index is -0.153. The van der Waals surface area contributed by atoms with Crippen molar-refractivity contribution in [3.63, 3.8) is 0 Å². The Morgan fingerprint density at radius 3 is 2.43 bits per heavy atom. The third kappa shape index (κ3) is 7.14. The van der Waals surface area contributed by atoms with Gasteiger partial charge in [-0.25, -0.2) is 4.79 Å². The lowest BCUT2D eigenvalue weighted by Gasteiger charge is -2.16. The van der Waals surface area contributed by atoms with Gasteiger partial charge < -0.3 is 15.7 Å². The summed E-state index contributed by atoms with van der Waals surface area (Å²) in [4.78, 5) is 11.8. The van der Waals surface area contributed by atoms with E-state index in [1.54, 1.807) is 0 Å². The van der Waals surface area contributed by atoms with Gasteiger partial charge >= 0.3 is 6.03 Å². The molecule has 0 aliphatic rings. The van der Waals surface area contributed by atoms with Gasteiger partial charge in [-0.05, 0) is 30.4 Å². The molecule has 0 spiro atoms. The molecule has 0 fully saturated rings. The number of hydrogen-bond donors (Lipinski definition) is 3. The lowest BCUT2D eigenvalue weighted by Crippen LogP contribution is -2.40. The van der Waals surface area contributed by atoms with Crippen LogP contribution in [0.1, 0.15) is 51.2 Å². The summed E-state index contributed by atoms with van der Waals surface area (Å²) in [5.74, 6) is 0.709. The van der Waals surface area contributed by atoms with Crippen LogP contribution in [0, 0.1) is 5.92 Å². The Bertz CT molecular complexity index is 433. The fourth-order valence-electron chi connectivity index (χ4n) is 2.24. The van der Waals surface area contributed by atoms with E-state index in [2.05, 4.69) is 24.5 Å². The van der Waals surface area contributed by atoms with Gasteiger partial charge in [0, 0.05) is 12.6 Å². The molecule has 2 amide bonds. The van der Waals surface area contributed by atoms with Crippen LogP contribution in [0.25, 0.3) is 0 Å². The first-order valence-corrected chi connectivity index (χ1v) is 7.75. The first-order valence-electron chi connectivity index (χ1n) is 7.75. The van der Waals surface area contributed by atoms with Crippen LogP contribution in [0.2, 0.25) is 0 Å². The molecule has 1 aromatic rings. The third-order valence-corrected chi connectivity index (χ3v) is 3.52. The van der Waals surface area contributed by atoms with Gasteiger partial charge in [0.05, 0.1) is 6.61 Å². The third-order valence-electron chi connectivity index (χ3n) is 3.52. The SMILES string of the molecule is CC(C)CCCC(C)NC(=O)NCc1ccccc1CO. The Morgan fingerprint density at radius 2 is 1.81 bits per heavy atom. The molecule has 0 radical (unpaired) electrons. The molecule has 0 heterocycles. The Labute approximate surface area is 128 Å². The van der Waals surface area contributed by atoms with Crippen molar-refractivity contribution in [2.45, 2.75) is 59.2 Å². The van der Waals surface area contributed by atoms with Gasteiger partial charge in [0.2, 0.25) is 0 Å². The molecule has 1 aromatic carbocycles. The van der Waals surface area contributed by atoms with Gasteiger partial charge in [-0.2, -0.15) is 0 Å². The van der Waals surface area contributed by atoms with E-state index in [0.29, 0.717) is 12.5 Å². The first-order chi connectivity index (χ1) is 10.0. The highest BCUT2D eigenvalue weighted by Crippen LogP contribution is 2.09. The average Bonchev–Trinajstić information content (AvgIpc) is 2.45. The number of aliphatic hydroxyl groups is 1. The van der Waals surface area contributed by atoms with E-state index in [4.69, 9.17) is 0 Å². The van der Waals surface area contributed by atoms with E-state index in [-0.39, 0.29) is 18.7 Å². The van der Waals surface area contributed by atoms with E-state index in [1.165, 1.54) is 6.42 Å². The standard InChI is InChI=1S/C17H28N2O2/c1-13(2)7-6-8-14(3)19-17(21)18-11-15-9-4-5-10-16(15)12-20/h4-5,9-10,13-14,20H,6-8,11-12H2,1-3H3,(H2,18,19,21). The van der Waals surface area contributed by atoms with Crippen molar-refractivity contribution >= 4 is 6.03 Å². The summed E-state index contributed by atoms with van der Waals surface area (Å²) in [5, 5.41) is 15.0. The molecule has 1 atom stereocenters. The Balaban J connectivity index is 2.30. The summed E-state index contributed by atoms with van der Waals surface area (Å²) in [7, 11) is 0. The largest absolute Gasteiger partial charge is 0.392 e. The fraction of sp³-hybridized carbons (Fsp3) is 0.588. The quantitative estimate of drug-likeness (QED) is 0.689. The summed E-state index contributed by atoms with van der Waals surface area (Å²) < 4.78 is 0. The van der Waals surface area contributed by atoms with Crippen molar-refractivity contribution in [2.75, 3.05) is 0 Å². The molecule has 1 unspecified atom stereocenters. The van der Waals surface area contributed by atoms with Gasteiger partial charge in [-0.15, -0.1) is 0 Å². The van der Waals surface area contributed by atoms with E-state index in [1.807, 2.05) is 31.2 Å². The summed E-state index contributed by atoms with van der Waals surface area (Å²) in [6, 6.07) is 7.59. The normalized spacial score (nSPS) is 12.2. The smallest absolute Gasteiger partial charge is 0.315 e. The number of carbonyl (C=O) groups is 1. The number of benzene rings is 1. The molecule has 0 saturated heterocycles. The monoisotopic (exact) mass is 292 g/mol. The van der Waals surface area contributed by atoms with Crippen molar-refractivity contribution in [1.29, 1.82) is 0 Å². The van der Waals surface area contributed by atoms with Gasteiger partial charge in [0.15, 0.2) is 0 Å². The molecular formula is C17H28N2O2. The second-order valence-electron chi connectivity index (χ2n) is 5.98. The fourth-order valence-corrected chi connectivity index (χ4v) is 2.24. The van der Waals surface area contributed by atoms with Crippen molar-refractivity contribution in [1.82, 2.24) is 10.6 Å². The maximum Gasteiger partial charge on any atom is 0.315 e. The number of aliphatic hydroxyl groups excluding tert-OH is 1. The number of amides is 2. The molecule has 4 heteroatoms. The first kappa shape index (κ1) is 17.5. The van der Waals surface area contributed by atoms with Crippen LogP contribution < -0.4 is 10.6 Å². The molecule has 4 nitrogen and oxygen atoms in total. The van der Waals surface area contributed by atoms with E-state index in [0.717, 1.165) is 24.0 Å². The Morgan fingerprint density at radius 1 is 1.14 bits per heavy atom. The number of carbonyl (C=O) groups excluding carboxylic acids is 1. The van der Waals surface area contributed by atoms with Crippen molar-refractivity contribution in [3.8, 4) is 0 Å². The molecule has 0 saturated carbocycles. The zero-order valence-corrected chi connectivity index (χ0v) is 13.4. The number of hydrogen-bond acceptors (Lipinski definition) is 2. The van der Waals surface area contributed by atoms with Gasteiger partial charge in [0.1, 0.15) is 0 Å². The van der Waals surface area contributed by atoms with Crippen LogP contribution >= 0.6 is 0 Å². The number of urea groups is 1. The predicted molar refractivity (Wildman–Crippen MR) is 85.9 cm³/mol. The van der Waals surface area contributed by atoms with Crippen LogP contribution in [0.3, 0.4) is 0 Å². The maximum atomic E-state index is 11.8. The van der Waals surface area contributed by atoms with Gasteiger partial charge in [-0.1, -0.05) is 51.0 Å². The lowest BCUT2D eigenvalue weighted by molar-refractivity contribution is 0.236. The van der Waals surface area contributed by atoms with Crippen molar-refractivity contribution in [2.24, 2.45) is 5.92 Å². The zero-order valence-electron chi connectivity index (χ0n) is 13.4. The number of rotatable bonds is 8. The minimum Gasteiger partial charge on any atom is -0.392 e. The number of nitrogens with one attached hydrogen (secondary N) is 2. The highest BCUT2D eigenvalue weighted by Gasteiger charge is 2.08.